The van der Waals surface area contributed by atoms with Crippen molar-refractivity contribution in [3.8, 4) is 0 Å². The Morgan fingerprint density at radius 1 is 1.31 bits per heavy atom. The van der Waals surface area contributed by atoms with Crippen LogP contribution in [0.3, 0.4) is 0 Å². The molecule has 1 aliphatic heterocycles. The Bertz CT molecular complexity index is 198. The summed E-state index contributed by atoms with van der Waals surface area (Å²) in [7, 11) is 0. The molecule has 1 N–H and O–H groups in total. The zero-order chi connectivity index (χ0) is 11.3. The van der Waals surface area contributed by atoms with Gasteiger partial charge < -0.3 is 14.8 Å². The van der Waals surface area contributed by atoms with Crippen molar-refractivity contribution in [3.05, 3.63) is 0 Å². The normalized spacial score (nSPS) is 24.6. The summed E-state index contributed by atoms with van der Waals surface area (Å²) in [6.07, 6.45) is 6.52. The fourth-order valence-corrected chi connectivity index (χ4v) is 2.22. The predicted molar refractivity (Wildman–Crippen MR) is 64.6 cm³/mol. The second-order valence-electron chi connectivity index (χ2n) is 5.30. The molecule has 0 radical (unpaired) electrons. The monoisotopic (exact) mass is 227 g/mol. The van der Waals surface area contributed by atoms with Gasteiger partial charge in [0, 0.05) is 25.2 Å². The summed E-state index contributed by atoms with van der Waals surface area (Å²) >= 11 is 0. The van der Waals surface area contributed by atoms with Crippen molar-refractivity contribution >= 4 is 0 Å². The molecule has 1 saturated carbocycles. The second kappa shape index (κ2) is 5.99. The molecule has 1 saturated heterocycles. The van der Waals surface area contributed by atoms with Crippen molar-refractivity contribution in [2.75, 3.05) is 32.9 Å². The van der Waals surface area contributed by atoms with Gasteiger partial charge in [-0.3, -0.25) is 0 Å². The van der Waals surface area contributed by atoms with Crippen LogP contribution in [0.15, 0.2) is 0 Å². The van der Waals surface area contributed by atoms with E-state index in [0.29, 0.717) is 11.5 Å². The van der Waals surface area contributed by atoms with Crippen LogP contribution >= 0.6 is 0 Å². The number of hydrogen-bond acceptors (Lipinski definition) is 3. The minimum atomic E-state index is 0.456. The third-order valence-electron chi connectivity index (χ3n) is 3.68. The molecule has 0 aromatic carbocycles. The predicted octanol–water partition coefficient (Wildman–Crippen LogP) is 1.96. The first-order valence-corrected chi connectivity index (χ1v) is 6.75. The molecule has 0 aromatic rings. The SMILES string of the molecule is CCCNCC1(COC2CCOCC2)CC1. The molecule has 0 aromatic heterocycles. The van der Waals surface area contributed by atoms with Crippen LogP contribution in [-0.4, -0.2) is 39.0 Å². The van der Waals surface area contributed by atoms with Gasteiger partial charge in [0.2, 0.25) is 0 Å². The number of hydrogen-bond donors (Lipinski definition) is 1. The largest absolute Gasteiger partial charge is 0.381 e. The Balaban J connectivity index is 1.60. The topological polar surface area (TPSA) is 30.5 Å². The lowest BCUT2D eigenvalue weighted by molar-refractivity contribution is -0.0460. The van der Waals surface area contributed by atoms with Crippen molar-refractivity contribution < 1.29 is 9.47 Å². The zero-order valence-corrected chi connectivity index (χ0v) is 10.5. The van der Waals surface area contributed by atoms with E-state index in [0.717, 1.165) is 45.8 Å². The van der Waals surface area contributed by atoms with Crippen LogP contribution in [0.25, 0.3) is 0 Å². The Labute approximate surface area is 98.9 Å². The lowest BCUT2D eigenvalue weighted by Gasteiger charge is -2.25. The molecule has 0 spiro atoms. The van der Waals surface area contributed by atoms with Gasteiger partial charge in [-0.15, -0.1) is 0 Å². The van der Waals surface area contributed by atoms with Gasteiger partial charge in [0.15, 0.2) is 0 Å². The molecule has 1 heterocycles. The maximum atomic E-state index is 6.02. The maximum absolute atomic E-state index is 6.02. The highest BCUT2D eigenvalue weighted by Gasteiger charge is 2.42. The quantitative estimate of drug-likeness (QED) is 0.674. The summed E-state index contributed by atoms with van der Waals surface area (Å²) in [6.45, 7) is 7.21. The van der Waals surface area contributed by atoms with Crippen molar-refractivity contribution in [1.29, 1.82) is 0 Å². The van der Waals surface area contributed by atoms with Crippen LogP contribution in [0, 0.1) is 5.41 Å². The Morgan fingerprint density at radius 2 is 2.06 bits per heavy atom. The average molecular weight is 227 g/mol. The molecule has 2 fully saturated rings. The van der Waals surface area contributed by atoms with E-state index < -0.39 is 0 Å². The van der Waals surface area contributed by atoms with E-state index in [4.69, 9.17) is 9.47 Å². The van der Waals surface area contributed by atoms with E-state index in [-0.39, 0.29) is 0 Å². The minimum Gasteiger partial charge on any atom is -0.381 e. The summed E-state index contributed by atoms with van der Waals surface area (Å²) in [4.78, 5) is 0. The molecule has 0 bridgehead atoms. The van der Waals surface area contributed by atoms with E-state index in [1.807, 2.05) is 0 Å². The average Bonchev–Trinajstić information content (AvgIpc) is 3.09. The summed E-state index contributed by atoms with van der Waals surface area (Å²) in [5.74, 6) is 0. The molecule has 16 heavy (non-hydrogen) atoms. The second-order valence-corrected chi connectivity index (χ2v) is 5.30. The highest BCUT2D eigenvalue weighted by Crippen LogP contribution is 2.45. The van der Waals surface area contributed by atoms with Gasteiger partial charge in [0.05, 0.1) is 12.7 Å². The van der Waals surface area contributed by atoms with E-state index in [1.54, 1.807) is 0 Å². The Kier molecular flexibility index (Phi) is 4.62. The molecule has 0 amide bonds. The molecule has 94 valence electrons. The summed E-state index contributed by atoms with van der Waals surface area (Å²) in [5.41, 5.74) is 0.480. The summed E-state index contributed by atoms with van der Waals surface area (Å²) < 4.78 is 11.4. The molecular weight excluding hydrogens is 202 g/mol. The lowest BCUT2D eigenvalue weighted by atomic mass is 10.1. The first-order chi connectivity index (χ1) is 7.85. The number of rotatable bonds is 7. The highest BCUT2D eigenvalue weighted by molar-refractivity contribution is 4.95. The summed E-state index contributed by atoms with van der Waals surface area (Å²) in [6, 6.07) is 0. The molecule has 3 heteroatoms. The fourth-order valence-electron chi connectivity index (χ4n) is 2.22. The lowest BCUT2D eigenvalue weighted by Crippen LogP contribution is -2.31. The molecule has 1 aliphatic carbocycles. The Morgan fingerprint density at radius 3 is 2.69 bits per heavy atom. The molecule has 0 unspecified atom stereocenters. The first-order valence-electron chi connectivity index (χ1n) is 6.75. The fraction of sp³-hybridized carbons (Fsp3) is 1.00. The van der Waals surface area contributed by atoms with Gasteiger partial charge in [0.1, 0.15) is 0 Å². The van der Waals surface area contributed by atoms with Gasteiger partial charge in [-0.25, -0.2) is 0 Å². The van der Waals surface area contributed by atoms with Crippen LogP contribution in [0.2, 0.25) is 0 Å². The van der Waals surface area contributed by atoms with Crippen molar-refractivity contribution in [2.45, 2.75) is 45.1 Å². The molecule has 0 atom stereocenters. The van der Waals surface area contributed by atoms with Gasteiger partial charge in [-0.05, 0) is 38.6 Å². The third kappa shape index (κ3) is 3.72. The van der Waals surface area contributed by atoms with Gasteiger partial charge in [-0.1, -0.05) is 6.92 Å². The van der Waals surface area contributed by atoms with Gasteiger partial charge in [0.25, 0.3) is 0 Å². The standard InChI is InChI=1S/C13H25NO2/c1-2-7-14-10-13(5-6-13)11-16-12-3-8-15-9-4-12/h12,14H,2-11H2,1H3. The number of ether oxygens (including phenoxy) is 2. The van der Waals surface area contributed by atoms with Crippen LogP contribution in [-0.2, 0) is 9.47 Å². The van der Waals surface area contributed by atoms with Crippen molar-refractivity contribution in [3.63, 3.8) is 0 Å². The van der Waals surface area contributed by atoms with Crippen LogP contribution in [0.1, 0.15) is 39.0 Å². The van der Waals surface area contributed by atoms with Crippen LogP contribution in [0.5, 0.6) is 0 Å². The third-order valence-corrected chi connectivity index (χ3v) is 3.68. The van der Waals surface area contributed by atoms with E-state index in [9.17, 15) is 0 Å². The smallest absolute Gasteiger partial charge is 0.0619 e. The molecule has 2 aliphatic rings. The molecular formula is C13H25NO2. The van der Waals surface area contributed by atoms with E-state index in [1.165, 1.54) is 19.3 Å². The Hall–Kier alpha value is -0.120. The van der Waals surface area contributed by atoms with Crippen LogP contribution < -0.4 is 5.32 Å². The molecule has 2 rings (SSSR count). The minimum absolute atomic E-state index is 0.456. The maximum Gasteiger partial charge on any atom is 0.0619 e. The van der Waals surface area contributed by atoms with Gasteiger partial charge >= 0.3 is 0 Å². The van der Waals surface area contributed by atoms with E-state index >= 15 is 0 Å². The van der Waals surface area contributed by atoms with Crippen molar-refractivity contribution in [1.82, 2.24) is 5.32 Å². The summed E-state index contributed by atoms with van der Waals surface area (Å²) in [5, 5.41) is 3.52. The number of nitrogens with one attached hydrogen (secondary N) is 1. The van der Waals surface area contributed by atoms with Crippen molar-refractivity contribution in [2.24, 2.45) is 5.41 Å². The highest BCUT2D eigenvalue weighted by atomic mass is 16.5. The van der Waals surface area contributed by atoms with Gasteiger partial charge in [-0.2, -0.15) is 0 Å². The zero-order valence-electron chi connectivity index (χ0n) is 10.5. The molecule has 3 nitrogen and oxygen atoms in total. The van der Waals surface area contributed by atoms with E-state index in [2.05, 4.69) is 12.2 Å². The first kappa shape index (κ1) is 12.3. The van der Waals surface area contributed by atoms with Crippen LogP contribution in [0.4, 0.5) is 0 Å².